The molecule has 0 saturated carbocycles. The van der Waals surface area contributed by atoms with Crippen LogP contribution in [0.4, 0.5) is 0 Å². The predicted molar refractivity (Wildman–Crippen MR) is 102 cm³/mol. The van der Waals surface area contributed by atoms with E-state index in [4.69, 9.17) is 20.6 Å². The Morgan fingerprint density at radius 1 is 1.22 bits per heavy atom. The minimum absolute atomic E-state index is 0.0196. The first-order valence-corrected chi connectivity index (χ1v) is 10.7. The molecule has 0 aliphatic carbocycles. The largest absolute Gasteiger partial charge is 0.362 e. The van der Waals surface area contributed by atoms with Crippen molar-refractivity contribution in [3.8, 4) is 0 Å². The van der Waals surface area contributed by atoms with Gasteiger partial charge in [0.05, 0.1) is 24.8 Å². The molecule has 0 amide bonds. The molecule has 3 atom stereocenters. The van der Waals surface area contributed by atoms with Gasteiger partial charge in [0, 0.05) is 16.4 Å². The Morgan fingerprint density at radius 2 is 1.78 bits per heavy atom. The zero-order valence-corrected chi connectivity index (χ0v) is 17.0. The molecule has 1 aromatic rings. The van der Waals surface area contributed by atoms with Crippen LogP contribution in [0.25, 0.3) is 0 Å². The second kappa shape index (κ2) is 9.06. The number of hydrogen-bond acceptors (Lipinski definition) is 7. The Hall–Kier alpha value is -1.60. The smallest absolute Gasteiger partial charge is 0.307 e. The lowest BCUT2D eigenvalue weighted by atomic mass is 9.87. The first kappa shape index (κ1) is 21.7. The first-order chi connectivity index (χ1) is 12.8. The summed E-state index contributed by atoms with van der Waals surface area (Å²) in [6, 6.07) is 4.94. The van der Waals surface area contributed by atoms with Crippen LogP contribution < -0.4 is 0 Å². The van der Waals surface area contributed by atoms with Crippen molar-refractivity contribution in [1.29, 1.82) is 0 Å². The number of rotatable bonds is 9. The molecule has 3 unspecified atom stereocenters. The third kappa shape index (κ3) is 4.46. The van der Waals surface area contributed by atoms with Crippen LogP contribution in [0.15, 0.2) is 29.3 Å². The van der Waals surface area contributed by atoms with E-state index >= 15 is 0 Å². The molecule has 1 heterocycles. The normalized spacial score (nSPS) is 22.5. The predicted octanol–water partition coefficient (Wildman–Crippen LogP) is 4.09. The van der Waals surface area contributed by atoms with Crippen molar-refractivity contribution in [3.63, 3.8) is 0 Å². The maximum Gasteiger partial charge on any atom is 0.362 e. The van der Waals surface area contributed by atoms with Gasteiger partial charge in [-0.2, -0.15) is 0 Å². The quantitative estimate of drug-likeness (QED) is 0.340. The van der Waals surface area contributed by atoms with E-state index in [1.807, 2.05) is 0 Å². The lowest BCUT2D eigenvalue weighted by Crippen LogP contribution is -2.37. The van der Waals surface area contributed by atoms with Gasteiger partial charge in [-0.15, -0.1) is 0 Å². The number of nitro groups is 1. The van der Waals surface area contributed by atoms with Gasteiger partial charge < -0.3 is 9.05 Å². The van der Waals surface area contributed by atoms with E-state index in [-0.39, 0.29) is 31.1 Å². The molecule has 0 fully saturated rings. The maximum atomic E-state index is 13.2. The number of benzene rings is 1. The van der Waals surface area contributed by atoms with Crippen LogP contribution >= 0.6 is 19.2 Å². The lowest BCUT2D eigenvalue weighted by Gasteiger charge is -2.24. The van der Waals surface area contributed by atoms with Crippen molar-refractivity contribution < 1.29 is 23.3 Å². The van der Waals surface area contributed by atoms with Gasteiger partial charge in [0.1, 0.15) is 0 Å². The van der Waals surface area contributed by atoms with E-state index in [0.717, 1.165) is 0 Å². The fourth-order valence-corrected chi connectivity index (χ4v) is 5.27. The van der Waals surface area contributed by atoms with Gasteiger partial charge in [-0.25, -0.2) is 0 Å². The van der Waals surface area contributed by atoms with Crippen LogP contribution in [-0.2, 0) is 18.4 Å². The van der Waals surface area contributed by atoms with Crippen LogP contribution in [0.2, 0.25) is 5.02 Å². The Labute approximate surface area is 162 Å². The van der Waals surface area contributed by atoms with Crippen molar-refractivity contribution in [2.45, 2.75) is 44.9 Å². The average Bonchev–Trinajstić information content (AvgIpc) is 3.03. The molecule has 1 aliphatic rings. The molecule has 10 heteroatoms. The molecule has 0 spiro atoms. The van der Waals surface area contributed by atoms with Gasteiger partial charge in [-0.3, -0.25) is 24.5 Å². The summed E-state index contributed by atoms with van der Waals surface area (Å²) in [5.41, 5.74) is 0.523. The Bertz CT molecular complexity index is 772. The zero-order chi connectivity index (χ0) is 20.2. The fourth-order valence-electron chi connectivity index (χ4n) is 3.12. The van der Waals surface area contributed by atoms with E-state index in [9.17, 15) is 19.5 Å². The highest BCUT2D eigenvalue weighted by Crippen LogP contribution is 2.59. The summed E-state index contributed by atoms with van der Waals surface area (Å²) in [4.78, 5) is 28.1. The van der Waals surface area contributed by atoms with E-state index in [0.29, 0.717) is 10.6 Å². The summed E-state index contributed by atoms with van der Waals surface area (Å²) >= 11 is 5.91. The number of carbonyl (C=O) groups is 1. The fraction of sp³-hybridized carbons (Fsp3) is 0.529. The van der Waals surface area contributed by atoms with Crippen molar-refractivity contribution >= 4 is 30.7 Å². The van der Waals surface area contributed by atoms with Crippen molar-refractivity contribution in [2.24, 2.45) is 4.99 Å². The molecule has 1 aromatic carbocycles. The third-order valence-electron chi connectivity index (χ3n) is 4.23. The SMILES string of the molecule is CCOP(=O)(OCC)C1N=C(C(=O)CC)C(c2ccc(Cl)cc2)C1[N+](=O)[O-]. The highest BCUT2D eigenvalue weighted by Gasteiger charge is 2.58. The maximum absolute atomic E-state index is 13.2. The van der Waals surface area contributed by atoms with Crippen LogP contribution in [-0.4, -0.2) is 41.5 Å². The number of Topliss-reactive ketones (excluding diaryl/α,β-unsaturated/α-hetero) is 1. The molecule has 1 aliphatic heterocycles. The molecule has 8 nitrogen and oxygen atoms in total. The molecule has 0 bridgehead atoms. The van der Waals surface area contributed by atoms with E-state index in [1.165, 1.54) is 0 Å². The second-order valence-corrected chi connectivity index (χ2v) is 8.45. The molecular formula is C17H22ClN2O6P. The van der Waals surface area contributed by atoms with Crippen molar-refractivity contribution in [1.82, 2.24) is 0 Å². The highest BCUT2D eigenvalue weighted by molar-refractivity contribution is 7.54. The van der Waals surface area contributed by atoms with E-state index in [2.05, 4.69) is 4.99 Å². The molecule has 2 rings (SSSR count). The Morgan fingerprint density at radius 3 is 2.22 bits per heavy atom. The van der Waals surface area contributed by atoms with Gasteiger partial charge >= 0.3 is 7.60 Å². The number of hydrogen-bond donors (Lipinski definition) is 0. The summed E-state index contributed by atoms with van der Waals surface area (Å²) in [6.45, 7) is 4.94. The van der Waals surface area contributed by atoms with Crippen LogP contribution in [0.3, 0.4) is 0 Å². The topological polar surface area (TPSA) is 108 Å². The number of halogens is 1. The molecule has 0 saturated heterocycles. The summed E-state index contributed by atoms with van der Waals surface area (Å²) in [6.07, 6.45) is 0.119. The number of nitrogens with zero attached hydrogens (tertiary/aromatic N) is 2. The minimum atomic E-state index is -3.94. The molecule has 27 heavy (non-hydrogen) atoms. The van der Waals surface area contributed by atoms with E-state index < -0.39 is 30.3 Å². The summed E-state index contributed by atoms with van der Waals surface area (Å²) in [5, 5.41) is 12.4. The Balaban J connectivity index is 2.62. The minimum Gasteiger partial charge on any atom is -0.307 e. The highest BCUT2D eigenvalue weighted by atomic mass is 35.5. The zero-order valence-electron chi connectivity index (χ0n) is 15.3. The molecule has 0 radical (unpaired) electrons. The molecule has 148 valence electrons. The van der Waals surface area contributed by atoms with Crippen molar-refractivity contribution in [2.75, 3.05) is 13.2 Å². The second-order valence-electron chi connectivity index (χ2n) is 5.89. The molecule has 0 aromatic heterocycles. The third-order valence-corrected chi connectivity index (χ3v) is 6.79. The standard InChI is InChI=1S/C17H22ClN2O6P/c1-4-13(21)15-14(11-7-9-12(18)10-8-11)16(20(22)23)17(19-15)27(24,25-5-2)26-6-3/h7-10,14,16-17H,4-6H2,1-3H3. The summed E-state index contributed by atoms with van der Waals surface area (Å²) in [5.74, 6) is -2.69. The van der Waals surface area contributed by atoms with Gasteiger partial charge in [-0.1, -0.05) is 30.7 Å². The van der Waals surface area contributed by atoms with Gasteiger partial charge in [0.2, 0.25) is 5.78 Å². The summed E-state index contributed by atoms with van der Waals surface area (Å²) < 4.78 is 23.8. The number of ketones is 1. The molecule has 0 N–H and O–H groups in total. The van der Waals surface area contributed by atoms with Crippen LogP contribution in [0, 0.1) is 10.1 Å². The van der Waals surface area contributed by atoms with Crippen LogP contribution in [0.1, 0.15) is 38.7 Å². The number of carbonyl (C=O) groups excluding carboxylic acids is 1. The van der Waals surface area contributed by atoms with Crippen LogP contribution in [0.5, 0.6) is 0 Å². The lowest BCUT2D eigenvalue weighted by molar-refractivity contribution is -0.522. The van der Waals surface area contributed by atoms with Gasteiger partial charge in [0.25, 0.3) is 6.04 Å². The number of aliphatic imine (C=N–C) groups is 1. The van der Waals surface area contributed by atoms with Gasteiger partial charge in [-0.05, 0) is 31.5 Å². The van der Waals surface area contributed by atoms with E-state index in [1.54, 1.807) is 45.0 Å². The summed E-state index contributed by atoms with van der Waals surface area (Å²) in [7, 11) is -3.94. The van der Waals surface area contributed by atoms with Gasteiger partial charge in [0.15, 0.2) is 5.78 Å². The molecular weight excluding hydrogens is 395 g/mol. The monoisotopic (exact) mass is 416 g/mol. The Kier molecular flexibility index (Phi) is 7.28. The first-order valence-electron chi connectivity index (χ1n) is 8.67. The average molecular weight is 417 g/mol. The van der Waals surface area contributed by atoms with Crippen molar-refractivity contribution in [3.05, 3.63) is 45.0 Å².